The molecule has 0 saturated heterocycles. The van der Waals surface area contributed by atoms with Crippen molar-refractivity contribution >= 4 is 33.6 Å². The summed E-state index contributed by atoms with van der Waals surface area (Å²) in [5.74, 6) is -1.72. The first-order valence-electron chi connectivity index (χ1n) is 10.0. The summed E-state index contributed by atoms with van der Waals surface area (Å²) in [6.07, 6.45) is 1.31. The first kappa shape index (κ1) is 25.1. The Morgan fingerprint density at radius 2 is 1.72 bits per heavy atom. The predicted molar refractivity (Wildman–Crippen MR) is 119 cm³/mol. The SMILES string of the molecule is CCN(CC)S(=O)(=O)c1cc(C(=O)OCC(=O)NC(=O)Nc2ccc(C)c(C)c2)n(C)c1. The van der Waals surface area contributed by atoms with Crippen molar-refractivity contribution in [3.63, 3.8) is 0 Å². The van der Waals surface area contributed by atoms with Gasteiger partial charge in [-0.1, -0.05) is 19.9 Å². The van der Waals surface area contributed by atoms with Gasteiger partial charge in [0.2, 0.25) is 10.0 Å². The monoisotopic (exact) mass is 464 g/mol. The third-order valence-electron chi connectivity index (χ3n) is 4.88. The minimum absolute atomic E-state index is 0.0388. The lowest BCUT2D eigenvalue weighted by Crippen LogP contribution is -2.37. The van der Waals surface area contributed by atoms with Gasteiger partial charge < -0.3 is 14.6 Å². The number of aryl methyl sites for hydroxylation is 3. The Balaban J connectivity index is 1.96. The summed E-state index contributed by atoms with van der Waals surface area (Å²) in [6, 6.07) is 5.73. The van der Waals surface area contributed by atoms with Gasteiger partial charge in [0, 0.05) is 32.0 Å². The van der Waals surface area contributed by atoms with Crippen LogP contribution in [0.1, 0.15) is 35.5 Å². The first-order chi connectivity index (χ1) is 15.0. The quantitative estimate of drug-likeness (QED) is 0.577. The van der Waals surface area contributed by atoms with Gasteiger partial charge in [0.1, 0.15) is 10.6 Å². The molecule has 0 aliphatic heterocycles. The minimum atomic E-state index is -3.75. The second-order valence-electron chi connectivity index (χ2n) is 7.14. The highest BCUT2D eigenvalue weighted by Crippen LogP contribution is 2.19. The van der Waals surface area contributed by atoms with Crippen molar-refractivity contribution in [3.05, 3.63) is 47.3 Å². The molecule has 3 amide bonds. The molecular weight excluding hydrogens is 436 g/mol. The molecule has 0 saturated carbocycles. The van der Waals surface area contributed by atoms with Gasteiger partial charge in [-0.25, -0.2) is 18.0 Å². The highest BCUT2D eigenvalue weighted by Gasteiger charge is 2.26. The van der Waals surface area contributed by atoms with Crippen molar-refractivity contribution in [1.82, 2.24) is 14.2 Å². The Morgan fingerprint density at radius 3 is 2.31 bits per heavy atom. The van der Waals surface area contributed by atoms with E-state index in [9.17, 15) is 22.8 Å². The summed E-state index contributed by atoms with van der Waals surface area (Å²) >= 11 is 0. The van der Waals surface area contributed by atoms with Crippen molar-refractivity contribution < 1.29 is 27.5 Å². The average molecular weight is 465 g/mol. The van der Waals surface area contributed by atoms with Crippen LogP contribution in [-0.4, -0.2) is 54.9 Å². The molecule has 2 N–H and O–H groups in total. The molecule has 0 radical (unpaired) electrons. The Hall–Kier alpha value is -3.18. The van der Waals surface area contributed by atoms with Crippen LogP contribution in [0.15, 0.2) is 35.4 Å². The molecule has 0 aliphatic carbocycles. The number of esters is 1. The van der Waals surface area contributed by atoms with Gasteiger partial charge in [-0.3, -0.25) is 10.1 Å². The van der Waals surface area contributed by atoms with Crippen LogP contribution in [0.3, 0.4) is 0 Å². The van der Waals surface area contributed by atoms with Crippen molar-refractivity contribution in [2.75, 3.05) is 25.0 Å². The van der Waals surface area contributed by atoms with E-state index in [1.807, 2.05) is 19.9 Å². The van der Waals surface area contributed by atoms with Crippen molar-refractivity contribution in [2.24, 2.45) is 7.05 Å². The van der Waals surface area contributed by atoms with E-state index in [0.29, 0.717) is 5.69 Å². The van der Waals surface area contributed by atoms with Crippen molar-refractivity contribution in [3.8, 4) is 0 Å². The normalized spacial score (nSPS) is 11.3. The standard InChI is InChI=1S/C21H28N4O6S/c1-6-25(7-2)32(29,30)17-11-18(24(5)12-17)20(27)31-13-19(26)23-21(28)22-16-9-8-14(3)15(4)10-16/h8-12H,6-7,13H2,1-5H3,(H2,22,23,26,28). The number of hydrogen-bond donors (Lipinski definition) is 2. The zero-order chi connectivity index (χ0) is 24.1. The fraction of sp³-hybridized carbons (Fsp3) is 0.381. The van der Waals surface area contributed by atoms with E-state index < -0.39 is 34.5 Å². The van der Waals surface area contributed by atoms with Crippen LogP contribution in [0, 0.1) is 13.8 Å². The number of benzene rings is 1. The van der Waals surface area contributed by atoms with Crippen LogP contribution in [0.4, 0.5) is 10.5 Å². The average Bonchev–Trinajstić information content (AvgIpc) is 3.12. The van der Waals surface area contributed by atoms with Gasteiger partial charge in [0.05, 0.1) is 0 Å². The molecule has 1 aromatic heterocycles. The van der Waals surface area contributed by atoms with E-state index in [-0.39, 0.29) is 23.7 Å². The number of sulfonamides is 1. The zero-order valence-electron chi connectivity index (χ0n) is 18.8. The molecule has 11 heteroatoms. The van der Waals surface area contributed by atoms with Crippen LogP contribution in [-0.2, 0) is 26.6 Å². The summed E-state index contributed by atoms with van der Waals surface area (Å²) in [5.41, 5.74) is 2.52. The van der Waals surface area contributed by atoms with E-state index in [0.717, 1.165) is 11.1 Å². The third kappa shape index (κ3) is 5.95. The van der Waals surface area contributed by atoms with Gasteiger partial charge >= 0.3 is 12.0 Å². The van der Waals surface area contributed by atoms with Gasteiger partial charge in [-0.2, -0.15) is 4.31 Å². The zero-order valence-corrected chi connectivity index (χ0v) is 19.6. The third-order valence-corrected chi connectivity index (χ3v) is 6.90. The number of carbonyl (C=O) groups is 3. The number of nitrogens with one attached hydrogen (secondary N) is 2. The number of nitrogens with zero attached hydrogens (tertiary/aromatic N) is 2. The number of ether oxygens (including phenoxy) is 1. The highest BCUT2D eigenvalue weighted by molar-refractivity contribution is 7.89. The molecule has 174 valence electrons. The second-order valence-corrected chi connectivity index (χ2v) is 9.08. The molecule has 0 atom stereocenters. The van der Waals surface area contributed by atoms with E-state index in [4.69, 9.17) is 4.74 Å². The summed E-state index contributed by atoms with van der Waals surface area (Å²) in [6.45, 7) is 7.14. The number of urea groups is 1. The van der Waals surface area contributed by atoms with Gasteiger partial charge in [0.25, 0.3) is 5.91 Å². The molecule has 0 aliphatic rings. The lowest BCUT2D eigenvalue weighted by molar-refractivity contribution is -0.123. The number of aromatic nitrogens is 1. The summed E-state index contributed by atoms with van der Waals surface area (Å²) in [4.78, 5) is 36.2. The molecule has 10 nitrogen and oxygen atoms in total. The van der Waals surface area contributed by atoms with Crippen molar-refractivity contribution in [2.45, 2.75) is 32.6 Å². The Labute approximate surface area is 187 Å². The molecule has 2 aromatic rings. The molecule has 0 spiro atoms. The smallest absolute Gasteiger partial charge is 0.355 e. The minimum Gasteiger partial charge on any atom is -0.451 e. The number of rotatable bonds is 8. The highest BCUT2D eigenvalue weighted by atomic mass is 32.2. The number of amides is 3. The largest absolute Gasteiger partial charge is 0.451 e. The van der Waals surface area contributed by atoms with Crippen LogP contribution in [0.25, 0.3) is 0 Å². The number of carbonyl (C=O) groups excluding carboxylic acids is 3. The number of imide groups is 1. The predicted octanol–water partition coefficient (Wildman–Crippen LogP) is 2.18. The summed E-state index contributed by atoms with van der Waals surface area (Å²) in [5, 5.41) is 4.59. The van der Waals surface area contributed by atoms with Gasteiger partial charge in [0.15, 0.2) is 6.61 Å². The molecule has 0 fully saturated rings. The lowest BCUT2D eigenvalue weighted by atomic mass is 10.1. The molecule has 1 aromatic carbocycles. The number of anilines is 1. The molecule has 32 heavy (non-hydrogen) atoms. The van der Waals surface area contributed by atoms with Gasteiger partial charge in [-0.15, -0.1) is 0 Å². The maximum atomic E-state index is 12.6. The fourth-order valence-corrected chi connectivity index (χ4v) is 4.47. The molecule has 0 unspecified atom stereocenters. The first-order valence-corrected chi connectivity index (χ1v) is 11.4. The van der Waals surface area contributed by atoms with E-state index in [1.165, 1.54) is 28.2 Å². The maximum Gasteiger partial charge on any atom is 0.355 e. The van der Waals surface area contributed by atoms with Crippen LogP contribution >= 0.6 is 0 Å². The van der Waals surface area contributed by atoms with E-state index >= 15 is 0 Å². The molecule has 0 bridgehead atoms. The van der Waals surface area contributed by atoms with Crippen molar-refractivity contribution in [1.29, 1.82) is 0 Å². The van der Waals surface area contributed by atoms with Crippen LogP contribution in [0.2, 0.25) is 0 Å². The molecule has 2 rings (SSSR count). The Bertz CT molecular complexity index is 1120. The molecular formula is C21H28N4O6S. The Morgan fingerprint density at radius 1 is 1.06 bits per heavy atom. The van der Waals surface area contributed by atoms with E-state index in [1.54, 1.807) is 26.0 Å². The molecule has 1 heterocycles. The topological polar surface area (TPSA) is 127 Å². The Kier molecular flexibility index (Phi) is 8.17. The van der Waals surface area contributed by atoms with Crippen LogP contribution < -0.4 is 10.6 Å². The van der Waals surface area contributed by atoms with Crippen LogP contribution in [0.5, 0.6) is 0 Å². The second kappa shape index (κ2) is 10.4. The fourth-order valence-electron chi connectivity index (χ4n) is 2.94. The lowest BCUT2D eigenvalue weighted by Gasteiger charge is -2.17. The van der Waals surface area contributed by atoms with Gasteiger partial charge in [-0.05, 0) is 43.2 Å². The summed E-state index contributed by atoms with van der Waals surface area (Å²) < 4.78 is 32.7. The van der Waals surface area contributed by atoms with E-state index in [2.05, 4.69) is 10.6 Å². The summed E-state index contributed by atoms with van der Waals surface area (Å²) in [7, 11) is -2.25. The number of hydrogen-bond acceptors (Lipinski definition) is 6. The maximum absolute atomic E-state index is 12.6.